The van der Waals surface area contributed by atoms with Crippen molar-refractivity contribution in [2.45, 2.75) is 0 Å². The van der Waals surface area contributed by atoms with Crippen molar-refractivity contribution in [3.8, 4) is 17.2 Å². The molecule has 156 valence electrons. The lowest BCUT2D eigenvalue weighted by Crippen LogP contribution is -2.47. The van der Waals surface area contributed by atoms with Gasteiger partial charge in [0.25, 0.3) is 0 Å². The average molecular weight is 414 g/mol. The second kappa shape index (κ2) is 7.19. The van der Waals surface area contributed by atoms with Crippen LogP contribution >= 0.6 is 0 Å². The minimum absolute atomic E-state index is 0.243. The van der Waals surface area contributed by atoms with Crippen molar-refractivity contribution in [3.63, 3.8) is 0 Å². The number of fused-ring (bicyclic) bond motifs is 2. The molecule has 31 heavy (non-hydrogen) atoms. The molecule has 0 N–H and O–H groups in total. The highest BCUT2D eigenvalue weighted by Crippen LogP contribution is 2.39. The number of para-hydroxylation sites is 2. The van der Waals surface area contributed by atoms with E-state index in [0.29, 0.717) is 0 Å². The van der Waals surface area contributed by atoms with E-state index in [1.54, 1.807) is 7.11 Å². The summed E-state index contributed by atoms with van der Waals surface area (Å²) in [6.07, 6.45) is 6.09. The zero-order valence-corrected chi connectivity index (χ0v) is 17.2. The fourth-order valence-corrected chi connectivity index (χ4v) is 4.26. The summed E-state index contributed by atoms with van der Waals surface area (Å²) < 4.78 is 16.7. The maximum Gasteiger partial charge on any atom is 0.231 e. The van der Waals surface area contributed by atoms with Gasteiger partial charge in [0.1, 0.15) is 11.6 Å². The quantitative estimate of drug-likeness (QED) is 0.646. The molecule has 0 amide bonds. The number of methoxy groups -OCH3 is 1. The van der Waals surface area contributed by atoms with Gasteiger partial charge >= 0.3 is 0 Å². The number of hydrogen-bond acceptors (Lipinski definition) is 7. The van der Waals surface area contributed by atoms with Crippen LogP contribution in [0.15, 0.2) is 54.6 Å². The van der Waals surface area contributed by atoms with E-state index in [2.05, 4.69) is 21.9 Å². The number of hydrogen-bond donors (Lipinski definition) is 0. The molecule has 2 aliphatic heterocycles. The molecule has 1 fully saturated rings. The monoisotopic (exact) mass is 414 g/mol. The molecule has 0 bridgehead atoms. The summed E-state index contributed by atoms with van der Waals surface area (Å²) in [5, 5.41) is 0.989. The van der Waals surface area contributed by atoms with Crippen LogP contribution in [0.5, 0.6) is 17.2 Å². The molecule has 0 saturated carbocycles. The van der Waals surface area contributed by atoms with Crippen LogP contribution in [0.3, 0.4) is 0 Å². The molecule has 2 aromatic carbocycles. The molecule has 3 heterocycles. The number of nitrogens with zero attached hydrogens (tertiary/aromatic N) is 4. The van der Waals surface area contributed by atoms with E-state index in [9.17, 15) is 0 Å². The molecule has 1 aromatic heterocycles. The van der Waals surface area contributed by atoms with E-state index in [1.165, 1.54) is 0 Å². The van der Waals surface area contributed by atoms with Crippen LogP contribution in [-0.4, -0.2) is 50.0 Å². The first-order valence-corrected chi connectivity index (χ1v) is 10.4. The van der Waals surface area contributed by atoms with Gasteiger partial charge < -0.3 is 24.0 Å². The first-order valence-electron chi connectivity index (χ1n) is 10.4. The Morgan fingerprint density at radius 2 is 1.68 bits per heavy atom. The topological polar surface area (TPSA) is 60.0 Å². The molecule has 6 rings (SSSR count). The second-order valence-corrected chi connectivity index (χ2v) is 7.72. The number of piperazine rings is 1. The van der Waals surface area contributed by atoms with Crippen LogP contribution in [0.2, 0.25) is 0 Å². The molecule has 1 saturated heterocycles. The maximum atomic E-state index is 5.62. The third-order valence-corrected chi connectivity index (χ3v) is 5.98. The van der Waals surface area contributed by atoms with E-state index in [0.717, 1.165) is 77.2 Å². The van der Waals surface area contributed by atoms with Crippen molar-refractivity contribution in [2.75, 3.05) is 49.9 Å². The van der Waals surface area contributed by atoms with Gasteiger partial charge in [-0.05, 0) is 18.2 Å². The van der Waals surface area contributed by atoms with Crippen LogP contribution in [0.25, 0.3) is 16.5 Å². The van der Waals surface area contributed by atoms with E-state index < -0.39 is 0 Å². The first-order chi connectivity index (χ1) is 15.3. The van der Waals surface area contributed by atoms with Crippen LogP contribution in [0.4, 0.5) is 11.5 Å². The lowest BCUT2D eigenvalue weighted by Gasteiger charge is -2.37. The highest BCUT2D eigenvalue weighted by Gasteiger charge is 2.25. The van der Waals surface area contributed by atoms with E-state index in [1.807, 2.05) is 42.5 Å². The number of allylic oxidation sites excluding steroid dienone is 4. The molecule has 1 aliphatic carbocycles. The van der Waals surface area contributed by atoms with E-state index in [4.69, 9.17) is 24.2 Å². The Morgan fingerprint density at radius 3 is 2.42 bits per heavy atom. The van der Waals surface area contributed by atoms with Gasteiger partial charge in [-0.3, -0.25) is 0 Å². The van der Waals surface area contributed by atoms with Gasteiger partial charge in [-0.15, -0.1) is 0 Å². The van der Waals surface area contributed by atoms with Crippen LogP contribution < -0.4 is 24.0 Å². The molecule has 3 aliphatic rings. The van der Waals surface area contributed by atoms with E-state index in [-0.39, 0.29) is 6.79 Å². The lowest BCUT2D eigenvalue weighted by molar-refractivity contribution is 0.174. The highest BCUT2D eigenvalue weighted by atomic mass is 16.7. The molecule has 7 nitrogen and oxygen atoms in total. The Kier molecular flexibility index (Phi) is 4.19. The first kappa shape index (κ1) is 18.1. The summed E-state index contributed by atoms with van der Waals surface area (Å²) in [5.74, 6) is 4.08. The van der Waals surface area contributed by atoms with Crippen molar-refractivity contribution in [1.82, 2.24) is 9.97 Å². The molecule has 0 atom stereocenters. The summed E-state index contributed by atoms with van der Waals surface area (Å²) >= 11 is 0. The van der Waals surface area contributed by atoms with Gasteiger partial charge in [0.2, 0.25) is 6.79 Å². The predicted octanol–water partition coefficient (Wildman–Crippen LogP) is 3.65. The summed E-state index contributed by atoms with van der Waals surface area (Å²) in [6.45, 7) is 3.72. The van der Waals surface area contributed by atoms with Crippen molar-refractivity contribution in [1.29, 1.82) is 0 Å². The number of ether oxygens (including phenoxy) is 3. The number of anilines is 2. The van der Waals surface area contributed by atoms with Gasteiger partial charge in [0.05, 0.1) is 18.3 Å². The third-order valence-electron chi connectivity index (χ3n) is 5.98. The van der Waals surface area contributed by atoms with Gasteiger partial charge in [-0.25, -0.2) is 9.97 Å². The normalized spacial score (nSPS) is 17.0. The summed E-state index contributed by atoms with van der Waals surface area (Å²) in [5.41, 5.74) is 3.05. The Labute approximate surface area is 180 Å². The van der Waals surface area contributed by atoms with Gasteiger partial charge in [0.15, 0.2) is 17.3 Å². The van der Waals surface area contributed by atoms with Crippen molar-refractivity contribution >= 4 is 28.0 Å². The zero-order chi connectivity index (χ0) is 20.8. The number of aromatic nitrogens is 2. The Balaban J connectivity index is 1.35. The van der Waals surface area contributed by atoms with Gasteiger partial charge in [0, 0.05) is 43.2 Å². The molecule has 3 aromatic rings. The fraction of sp³-hybridized carbons (Fsp3) is 0.250. The lowest BCUT2D eigenvalue weighted by atomic mass is 10.1. The molecule has 7 heteroatoms. The summed E-state index contributed by atoms with van der Waals surface area (Å²) in [7, 11) is 1.72. The summed E-state index contributed by atoms with van der Waals surface area (Å²) in [6, 6.07) is 12.1. The maximum absolute atomic E-state index is 5.62. The minimum atomic E-state index is 0.243. The predicted molar refractivity (Wildman–Crippen MR) is 120 cm³/mol. The van der Waals surface area contributed by atoms with Crippen molar-refractivity contribution in [3.05, 3.63) is 60.5 Å². The van der Waals surface area contributed by atoms with Crippen LogP contribution in [-0.2, 0) is 0 Å². The number of rotatable bonds is 4. The second-order valence-electron chi connectivity index (χ2n) is 7.72. The van der Waals surface area contributed by atoms with E-state index >= 15 is 0 Å². The Hall–Kier alpha value is -3.74. The van der Waals surface area contributed by atoms with Gasteiger partial charge in [-0.1, -0.05) is 30.4 Å². The smallest absolute Gasteiger partial charge is 0.231 e. The third kappa shape index (κ3) is 3.04. The minimum Gasteiger partial charge on any atom is -0.495 e. The molecule has 0 spiro atoms. The molecular weight excluding hydrogens is 392 g/mol. The fourth-order valence-electron chi connectivity index (χ4n) is 4.26. The zero-order valence-electron chi connectivity index (χ0n) is 17.2. The number of benzene rings is 2. The average Bonchev–Trinajstić information content (AvgIpc) is 3.23. The molecule has 0 unspecified atom stereocenters. The van der Waals surface area contributed by atoms with Crippen LogP contribution in [0, 0.1) is 0 Å². The molecule has 0 radical (unpaired) electrons. The Morgan fingerprint density at radius 1 is 0.935 bits per heavy atom. The highest BCUT2D eigenvalue weighted by molar-refractivity contribution is 5.94. The Bertz CT molecular complexity index is 1230. The van der Waals surface area contributed by atoms with Gasteiger partial charge in [-0.2, -0.15) is 0 Å². The van der Waals surface area contributed by atoms with Crippen LogP contribution in [0.1, 0.15) is 5.82 Å². The molecular formula is C24H22N4O3. The van der Waals surface area contributed by atoms with Crippen molar-refractivity contribution < 1.29 is 14.2 Å². The van der Waals surface area contributed by atoms with Crippen molar-refractivity contribution in [2.24, 2.45) is 0 Å². The standard InChI is InChI=1S/C24H22N4O3/c1-29-20-8-3-2-7-19(20)27-9-11-28(12-10-27)24-17-13-21-22(31-15-30-21)14-18(17)25-23(26-24)16-5-4-6-16/h2-8,13-14H,9-12,15H2,1H3. The largest absolute Gasteiger partial charge is 0.495 e. The SMILES string of the molecule is COc1ccccc1N1CCN(c2nc(C3=CC=C3)nc3cc4c(cc23)OCO4)CC1. The summed E-state index contributed by atoms with van der Waals surface area (Å²) in [4.78, 5) is 14.5.